The predicted octanol–water partition coefficient (Wildman–Crippen LogP) is 3.93. The summed E-state index contributed by atoms with van der Waals surface area (Å²) in [6.45, 7) is 4.35. The van der Waals surface area contributed by atoms with Crippen LogP contribution in [0.4, 0.5) is 0 Å². The molecule has 1 atom stereocenters. The van der Waals surface area contributed by atoms with Gasteiger partial charge < -0.3 is 10.5 Å². The predicted molar refractivity (Wildman–Crippen MR) is 74.3 cm³/mol. The molecule has 0 saturated carbocycles. The van der Waals surface area contributed by atoms with Crippen LogP contribution in [0.2, 0.25) is 0 Å². The maximum absolute atomic E-state index is 6.13. The molecule has 0 aliphatic rings. The van der Waals surface area contributed by atoms with Crippen LogP contribution in [0, 0.1) is 5.92 Å². The first-order chi connectivity index (χ1) is 7.04. The van der Waals surface area contributed by atoms with Gasteiger partial charge in [0, 0.05) is 10.5 Å². The number of ether oxygens (including phenoxy) is 1. The van der Waals surface area contributed by atoms with Crippen LogP contribution in [0.1, 0.15) is 31.9 Å². The second-order valence-electron chi connectivity index (χ2n) is 4.12. The van der Waals surface area contributed by atoms with Crippen molar-refractivity contribution in [1.29, 1.82) is 0 Å². The fourth-order valence-corrected chi connectivity index (χ4v) is 2.11. The van der Waals surface area contributed by atoms with Crippen LogP contribution in [-0.2, 0) is 0 Å². The highest BCUT2D eigenvalue weighted by atomic mass is 79.9. The third-order valence-electron chi connectivity index (χ3n) is 2.33. The van der Waals surface area contributed by atoms with E-state index in [1.165, 1.54) is 0 Å². The second-order valence-corrected chi connectivity index (χ2v) is 4.98. The van der Waals surface area contributed by atoms with Crippen molar-refractivity contribution in [2.45, 2.75) is 26.3 Å². The van der Waals surface area contributed by atoms with Gasteiger partial charge in [0.15, 0.2) is 0 Å². The average molecular weight is 309 g/mol. The van der Waals surface area contributed by atoms with E-state index in [0.717, 1.165) is 22.2 Å². The minimum Gasteiger partial charge on any atom is -0.497 e. The van der Waals surface area contributed by atoms with E-state index >= 15 is 0 Å². The van der Waals surface area contributed by atoms with E-state index in [1.807, 2.05) is 18.2 Å². The van der Waals surface area contributed by atoms with Gasteiger partial charge in [0.1, 0.15) is 5.75 Å². The standard InChI is InChI=1S/C12H18BrNO.ClH/c1-8(2)6-12(14)10-7-9(15-3)4-5-11(10)13;/h4-5,7-8,12H,6,14H2,1-3H3;1H/t12-;/m0./s1. The Bertz CT molecular complexity index is 331. The van der Waals surface area contributed by atoms with Gasteiger partial charge in [-0.25, -0.2) is 0 Å². The summed E-state index contributed by atoms with van der Waals surface area (Å²) in [5.41, 5.74) is 7.25. The molecule has 1 aromatic carbocycles. The number of nitrogens with two attached hydrogens (primary N) is 1. The summed E-state index contributed by atoms with van der Waals surface area (Å²) in [5.74, 6) is 1.45. The molecule has 2 nitrogen and oxygen atoms in total. The first-order valence-corrected chi connectivity index (χ1v) is 5.93. The number of benzene rings is 1. The molecule has 0 radical (unpaired) electrons. The maximum atomic E-state index is 6.13. The van der Waals surface area contributed by atoms with Crippen LogP contribution >= 0.6 is 28.3 Å². The Morgan fingerprint density at radius 1 is 1.38 bits per heavy atom. The van der Waals surface area contributed by atoms with E-state index < -0.39 is 0 Å². The highest BCUT2D eigenvalue weighted by Crippen LogP contribution is 2.29. The third kappa shape index (κ3) is 4.32. The van der Waals surface area contributed by atoms with Gasteiger partial charge in [0.25, 0.3) is 0 Å². The summed E-state index contributed by atoms with van der Waals surface area (Å²) < 4.78 is 6.24. The third-order valence-corrected chi connectivity index (χ3v) is 3.05. The summed E-state index contributed by atoms with van der Waals surface area (Å²) in [5, 5.41) is 0. The largest absolute Gasteiger partial charge is 0.497 e. The Morgan fingerprint density at radius 3 is 2.50 bits per heavy atom. The molecule has 0 saturated heterocycles. The van der Waals surface area contributed by atoms with Crippen molar-refractivity contribution < 1.29 is 4.74 Å². The van der Waals surface area contributed by atoms with Crippen LogP contribution in [0.25, 0.3) is 0 Å². The summed E-state index contributed by atoms with van der Waals surface area (Å²) in [6.07, 6.45) is 0.978. The fourth-order valence-electron chi connectivity index (χ4n) is 1.57. The lowest BCUT2D eigenvalue weighted by molar-refractivity contribution is 0.412. The topological polar surface area (TPSA) is 35.2 Å². The molecule has 0 aliphatic heterocycles. The van der Waals surface area contributed by atoms with E-state index in [1.54, 1.807) is 7.11 Å². The molecule has 0 fully saturated rings. The fraction of sp³-hybridized carbons (Fsp3) is 0.500. The van der Waals surface area contributed by atoms with E-state index in [2.05, 4.69) is 29.8 Å². The van der Waals surface area contributed by atoms with Crippen molar-refractivity contribution in [3.63, 3.8) is 0 Å². The highest BCUT2D eigenvalue weighted by Gasteiger charge is 2.12. The van der Waals surface area contributed by atoms with Crippen molar-refractivity contribution in [2.24, 2.45) is 11.7 Å². The van der Waals surface area contributed by atoms with Crippen molar-refractivity contribution in [2.75, 3.05) is 7.11 Å². The van der Waals surface area contributed by atoms with Crippen LogP contribution < -0.4 is 10.5 Å². The van der Waals surface area contributed by atoms with Gasteiger partial charge in [-0.1, -0.05) is 29.8 Å². The van der Waals surface area contributed by atoms with E-state index in [-0.39, 0.29) is 18.4 Å². The molecule has 0 heterocycles. The van der Waals surface area contributed by atoms with Gasteiger partial charge in [-0.05, 0) is 36.1 Å². The van der Waals surface area contributed by atoms with Crippen molar-refractivity contribution >= 4 is 28.3 Å². The van der Waals surface area contributed by atoms with Gasteiger partial charge in [0.05, 0.1) is 7.11 Å². The molecule has 16 heavy (non-hydrogen) atoms. The molecule has 0 aliphatic carbocycles. The summed E-state index contributed by atoms with van der Waals surface area (Å²) in [6, 6.07) is 5.97. The first kappa shape index (κ1) is 15.8. The minimum absolute atomic E-state index is 0. The van der Waals surface area contributed by atoms with Crippen LogP contribution in [0.5, 0.6) is 5.75 Å². The Morgan fingerprint density at radius 2 is 2.00 bits per heavy atom. The second kappa shape index (κ2) is 7.15. The molecule has 4 heteroatoms. The number of hydrogen-bond acceptors (Lipinski definition) is 2. The molecule has 0 amide bonds. The Hall–Kier alpha value is -0.250. The zero-order valence-electron chi connectivity index (χ0n) is 9.87. The smallest absolute Gasteiger partial charge is 0.119 e. The van der Waals surface area contributed by atoms with Gasteiger partial charge >= 0.3 is 0 Å². The van der Waals surface area contributed by atoms with Gasteiger partial charge in [0.2, 0.25) is 0 Å². The lowest BCUT2D eigenvalue weighted by Gasteiger charge is -2.16. The normalized spacial score (nSPS) is 12.1. The monoisotopic (exact) mass is 307 g/mol. The van der Waals surface area contributed by atoms with Crippen LogP contribution in [0.3, 0.4) is 0 Å². The average Bonchev–Trinajstić information content (AvgIpc) is 2.17. The van der Waals surface area contributed by atoms with E-state index in [4.69, 9.17) is 10.5 Å². The zero-order valence-corrected chi connectivity index (χ0v) is 12.3. The Kier molecular flexibility index (Phi) is 7.04. The van der Waals surface area contributed by atoms with Crippen molar-refractivity contribution in [1.82, 2.24) is 0 Å². The van der Waals surface area contributed by atoms with Crippen molar-refractivity contribution in [3.8, 4) is 5.75 Å². The lowest BCUT2D eigenvalue weighted by atomic mass is 9.98. The SMILES string of the molecule is COc1ccc(Br)c([C@@H](N)CC(C)C)c1.Cl. The summed E-state index contributed by atoms with van der Waals surface area (Å²) >= 11 is 3.51. The maximum Gasteiger partial charge on any atom is 0.119 e. The van der Waals surface area contributed by atoms with Crippen LogP contribution in [-0.4, -0.2) is 7.11 Å². The molecule has 92 valence electrons. The van der Waals surface area contributed by atoms with Gasteiger partial charge in [-0.3, -0.25) is 0 Å². The summed E-state index contributed by atoms with van der Waals surface area (Å²) in [4.78, 5) is 0. The number of rotatable bonds is 4. The molecular formula is C12H19BrClNO. The van der Waals surface area contributed by atoms with Crippen molar-refractivity contribution in [3.05, 3.63) is 28.2 Å². The van der Waals surface area contributed by atoms with Gasteiger partial charge in [-0.15, -0.1) is 12.4 Å². The molecular weight excluding hydrogens is 289 g/mol. The molecule has 2 N–H and O–H groups in total. The highest BCUT2D eigenvalue weighted by molar-refractivity contribution is 9.10. The number of hydrogen-bond donors (Lipinski definition) is 1. The first-order valence-electron chi connectivity index (χ1n) is 5.13. The minimum atomic E-state index is 0. The molecule has 1 rings (SSSR count). The molecule has 1 aromatic rings. The molecule has 0 bridgehead atoms. The van der Waals surface area contributed by atoms with E-state index in [9.17, 15) is 0 Å². The number of methoxy groups -OCH3 is 1. The van der Waals surface area contributed by atoms with Crippen LogP contribution in [0.15, 0.2) is 22.7 Å². The van der Waals surface area contributed by atoms with Gasteiger partial charge in [-0.2, -0.15) is 0 Å². The van der Waals surface area contributed by atoms with E-state index in [0.29, 0.717) is 5.92 Å². The molecule has 0 unspecified atom stereocenters. The summed E-state index contributed by atoms with van der Waals surface area (Å²) in [7, 11) is 1.67. The number of halogens is 2. The quantitative estimate of drug-likeness (QED) is 0.915. The Balaban J connectivity index is 0.00000225. The Labute approximate surface area is 112 Å². The zero-order chi connectivity index (χ0) is 11.4. The molecule has 0 aromatic heterocycles. The molecule has 0 spiro atoms. The lowest BCUT2D eigenvalue weighted by Crippen LogP contribution is -2.13.